The molecule has 0 bridgehead atoms. The van der Waals surface area contributed by atoms with Gasteiger partial charge in [-0.2, -0.15) is 10.5 Å². The molecule has 1 aromatic carbocycles. The summed E-state index contributed by atoms with van der Waals surface area (Å²) >= 11 is 0. The number of nitrogens with zero attached hydrogens (tertiary/aromatic N) is 2. The number of rotatable bonds is 4. The Balaban J connectivity index is 1.86. The van der Waals surface area contributed by atoms with E-state index in [0.717, 1.165) is 37.8 Å². The smallest absolute Gasteiger partial charge is 0.240 e. The van der Waals surface area contributed by atoms with Crippen LogP contribution in [0.25, 0.3) is 0 Å². The lowest BCUT2D eigenvalue weighted by atomic mass is 9.83. The molecule has 108 valence electrons. The van der Waals surface area contributed by atoms with Gasteiger partial charge < -0.3 is 10.6 Å². The fourth-order valence-electron chi connectivity index (χ4n) is 2.58. The molecule has 1 aliphatic rings. The lowest BCUT2D eigenvalue weighted by molar-refractivity contribution is -0.121. The predicted molar refractivity (Wildman–Crippen MR) is 79.2 cm³/mol. The number of anilines is 1. The van der Waals surface area contributed by atoms with Gasteiger partial charge in [-0.05, 0) is 37.1 Å². The van der Waals surface area contributed by atoms with Gasteiger partial charge in [-0.3, -0.25) is 4.79 Å². The zero-order chi connectivity index (χ0) is 15.1. The molecule has 5 heteroatoms. The maximum atomic E-state index is 12.0. The van der Waals surface area contributed by atoms with Crippen molar-refractivity contribution in [2.75, 3.05) is 11.9 Å². The number of carbonyl (C=O) groups excluding carboxylic acids is 1. The summed E-state index contributed by atoms with van der Waals surface area (Å²) in [6.45, 7) is 0.120. The second-order valence-electron chi connectivity index (χ2n) is 5.35. The van der Waals surface area contributed by atoms with Crippen LogP contribution in [0.1, 0.15) is 37.7 Å². The Labute approximate surface area is 124 Å². The van der Waals surface area contributed by atoms with Crippen LogP contribution in [0.2, 0.25) is 0 Å². The van der Waals surface area contributed by atoms with Gasteiger partial charge in [-0.25, -0.2) is 0 Å². The van der Waals surface area contributed by atoms with E-state index in [1.165, 1.54) is 0 Å². The number of carbonyl (C=O) groups is 1. The van der Waals surface area contributed by atoms with Gasteiger partial charge in [0.25, 0.3) is 0 Å². The van der Waals surface area contributed by atoms with Crippen LogP contribution in [-0.4, -0.2) is 18.0 Å². The summed E-state index contributed by atoms with van der Waals surface area (Å²) in [6, 6.07) is 11.2. The van der Waals surface area contributed by atoms with Crippen molar-refractivity contribution >= 4 is 11.6 Å². The van der Waals surface area contributed by atoms with E-state index in [4.69, 9.17) is 5.26 Å². The zero-order valence-electron chi connectivity index (χ0n) is 11.9. The van der Waals surface area contributed by atoms with Crippen molar-refractivity contribution < 1.29 is 4.79 Å². The number of amides is 1. The standard InChI is InChI=1S/C16H18N4O/c17-10-13-4-6-14(7-5-13)19-11-15(21)20-16(12-18)8-2-1-3-9-16/h4-7,19H,1-3,8-9,11H2,(H,20,21). The van der Waals surface area contributed by atoms with Crippen LogP contribution in [0.15, 0.2) is 24.3 Å². The Morgan fingerprint density at radius 2 is 1.81 bits per heavy atom. The van der Waals surface area contributed by atoms with Crippen LogP contribution in [-0.2, 0) is 4.79 Å². The van der Waals surface area contributed by atoms with Gasteiger partial charge in [0, 0.05) is 5.69 Å². The summed E-state index contributed by atoms with van der Waals surface area (Å²) in [5.41, 5.74) is 0.663. The molecule has 0 heterocycles. The van der Waals surface area contributed by atoms with Gasteiger partial charge in [0.1, 0.15) is 5.54 Å². The average Bonchev–Trinajstić information content (AvgIpc) is 2.54. The van der Waals surface area contributed by atoms with E-state index in [0.29, 0.717) is 5.56 Å². The fourth-order valence-corrected chi connectivity index (χ4v) is 2.58. The molecule has 0 radical (unpaired) electrons. The molecular formula is C16H18N4O. The fraction of sp³-hybridized carbons (Fsp3) is 0.438. The summed E-state index contributed by atoms with van der Waals surface area (Å²) in [5, 5.41) is 23.9. The van der Waals surface area contributed by atoms with Gasteiger partial charge in [-0.1, -0.05) is 19.3 Å². The number of hydrogen-bond acceptors (Lipinski definition) is 4. The largest absolute Gasteiger partial charge is 0.376 e. The topological polar surface area (TPSA) is 88.7 Å². The second kappa shape index (κ2) is 6.76. The highest BCUT2D eigenvalue weighted by Crippen LogP contribution is 2.27. The van der Waals surface area contributed by atoms with Crippen LogP contribution in [0.4, 0.5) is 5.69 Å². The third-order valence-electron chi connectivity index (χ3n) is 3.77. The molecular weight excluding hydrogens is 264 g/mol. The quantitative estimate of drug-likeness (QED) is 0.887. The van der Waals surface area contributed by atoms with Crippen molar-refractivity contribution in [1.82, 2.24) is 5.32 Å². The summed E-state index contributed by atoms with van der Waals surface area (Å²) in [7, 11) is 0. The molecule has 1 amide bonds. The Bertz CT molecular complexity index is 574. The SMILES string of the molecule is N#Cc1ccc(NCC(=O)NC2(C#N)CCCCC2)cc1. The van der Waals surface area contributed by atoms with Crippen LogP contribution in [0, 0.1) is 22.7 Å². The van der Waals surface area contributed by atoms with Gasteiger partial charge in [0.05, 0.1) is 24.2 Å². The molecule has 0 saturated heterocycles. The lowest BCUT2D eigenvalue weighted by Gasteiger charge is -2.31. The molecule has 1 fully saturated rings. The molecule has 0 aliphatic heterocycles. The summed E-state index contributed by atoms with van der Waals surface area (Å²) in [4.78, 5) is 12.0. The Morgan fingerprint density at radius 1 is 1.14 bits per heavy atom. The van der Waals surface area contributed by atoms with Gasteiger partial charge in [-0.15, -0.1) is 0 Å². The van der Waals surface area contributed by atoms with Crippen LogP contribution in [0.5, 0.6) is 0 Å². The zero-order valence-corrected chi connectivity index (χ0v) is 11.9. The van der Waals surface area contributed by atoms with Crippen LogP contribution in [0.3, 0.4) is 0 Å². The minimum absolute atomic E-state index is 0.120. The first-order valence-corrected chi connectivity index (χ1v) is 7.14. The van der Waals surface area contributed by atoms with Crippen LogP contribution < -0.4 is 10.6 Å². The van der Waals surface area contributed by atoms with Crippen molar-refractivity contribution in [3.8, 4) is 12.1 Å². The average molecular weight is 282 g/mol. The first-order chi connectivity index (χ1) is 10.2. The minimum Gasteiger partial charge on any atom is -0.376 e. The summed E-state index contributed by atoms with van der Waals surface area (Å²) < 4.78 is 0. The van der Waals surface area contributed by atoms with Gasteiger partial charge >= 0.3 is 0 Å². The monoisotopic (exact) mass is 282 g/mol. The van der Waals surface area contributed by atoms with Crippen molar-refractivity contribution in [1.29, 1.82) is 10.5 Å². The highest BCUT2D eigenvalue weighted by molar-refractivity contribution is 5.81. The molecule has 0 atom stereocenters. The van der Waals surface area contributed by atoms with E-state index in [1.807, 2.05) is 6.07 Å². The molecule has 2 N–H and O–H groups in total. The molecule has 5 nitrogen and oxygen atoms in total. The van der Waals surface area contributed by atoms with Gasteiger partial charge in [0.2, 0.25) is 5.91 Å². The molecule has 1 aliphatic carbocycles. The Hall–Kier alpha value is -2.53. The molecule has 1 aromatic rings. The molecule has 0 unspecified atom stereocenters. The Morgan fingerprint density at radius 3 is 2.38 bits per heavy atom. The lowest BCUT2D eigenvalue weighted by Crippen LogP contribution is -2.50. The predicted octanol–water partition coefficient (Wildman–Crippen LogP) is 2.31. The molecule has 2 rings (SSSR count). The number of hydrogen-bond donors (Lipinski definition) is 2. The van der Waals surface area contributed by atoms with E-state index in [1.54, 1.807) is 24.3 Å². The van der Waals surface area contributed by atoms with Gasteiger partial charge in [0.15, 0.2) is 0 Å². The maximum Gasteiger partial charge on any atom is 0.240 e. The molecule has 0 spiro atoms. The maximum absolute atomic E-state index is 12.0. The second-order valence-corrected chi connectivity index (χ2v) is 5.35. The third kappa shape index (κ3) is 3.97. The van der Waals surface area contributed by atoms with Crippen molar-refractivity contribution in [3.63, 3.8) is 0 Å². The molecule has 1 saturated carbocycles. The number of nitriles is 2. The number of nitrogens with one attached hydrogen (secondary N) is 2. The highest BCUT2D eigenvalue weighted by Gasteiger charge is 2.33. The highest BCUT2D eigenvalue weighted by atomic mass is 16.2. The Kier molecular flexibility index (Phi) is 4.79. The van der Waals surface area contributed by atoms with Crippen molar-refractivity contribution in [3.05, 3.63) is 29.8 Å². The van der Waals surface area contributed by atoms with Crippen molar-refractivity contribution in [2.24, 2.45) is 0 Å². The summed E-state index contributed by atoms with van der Waals surface area (Å²) in [6.07, 6.45) is 4.55. The number of benzene rings is 1. The van der Waals surface area contributed by atoms with E-state index < -0.39 is 5.54 Å². The first-order valence-electron chi connectivity index (χ1n) is 7.14. The molecule has 21 heavy (non-hydrogen) atoms. The normalized spacial score (nSPS) is 16.3. The van der Waals surface area contributed by atoms with E-state index in [9.17, 15) is 10.1 Å². The van der Waals surface area contributed by atoms with Crippen LogP contribution >= 0.6 is 0 Å². The minimum atomic E-state index is -0.693. The molecule has 0 aromatic heterocycles. The van der Waals surface area contributed by atoms with E-state index in [2.05, 4.69) is 16.7 Å². The van der Waals surface area contributed by atoms with E-state index in [-0.39, 0.29) is 12.5 Å². The third-order valence-corrected chi connectivity index (χ3v) is 3.77. The summed E-state index contributed by atoms with van der Waals surface area (Å²) in [5.74, 6) is -0.178. The van der Waals surface area contributed by atoms with E-state index >= 15 is 0 Å². The first kappa shape index (κ1) is 14.9. The van der Waals surface area contributed by atoms with Crippen molar-refractivity contribution in [2.45, 2.75) is 37.6 Å².